The molecule has 0 radical (unpaired) electrons. The first-order valence-corrected chi connectivity index (χ1v) is 8.01. The molecule has 2 rings (SSSR count). The first-order chi connectivity index (χ1) is 10.7. The number of hydrogen-bond donors (Lipinski definition) is 2. The quantitative estimate of drug-likeness (QED) is 0.771. The summed E-state index contributed by atoms with van der Waals surface area (Å²) in [6.45, 7) is 0.00491. The van der Waals surface area contributed by atoms with E-state index in [9.17, 15) is 9.18 Å². The van der Waals surface area contributed by atoms with Crippen LogP contribution in [0.2, 0.25) is 0 Å². The van der Waals surface area contributed by atoms with E-state index in [1.807, 2.05) is 30.3 Å². The zero-order valence-corrected chi connectivity index (χ0v) is 12.9. The highest BCUT2D eigenvalue weighted by Gasteiger charge is 2.14. The molecule has 0 aliphatic carbocycles. The summed E-state index contributed by atoms with van der Waals surface area (Å²) in [4.78, 5) is 12.9. The maximum atomic E-state index is 12.8. The molecule has 1 unspecified atom stereocenters. The summed E-state index contributed by atoms with van der Waals surface area (Å²) in [7, 11) is 0. The van der Waals surface area contributed by atoms with Crippen LogP contribution in [0.5, 0.6) is 0 Å². The molecule has 0 spiro atoms. The van der Waals surface area contributed by atoms with E-state index in [4.69, 9.17) is 5.11 Å². The Bertz CT molecular complexity index is 589. The van der Waals surface area contributed by atoms with Crippen molar-refractivity contribution < 1.29 is 14.3 Å². The van der Waals surface area contributed by atoms with Gasteiger partial charge in [-0.25, -0.2) is 4.39 Å². The molecule has 1 atom stereocenters. The summed E-state index contributed by atoms with van der Waals surface area (Å²) in [5.41, 5.74) is 0.969. The average molecular weight is 319 g/mol. The average Bonchev–Trinajstić information content (AvgIpc) is 2.55. The predicted molar refractivity (Wildman–Crippen MR) is 86.2 cm³/mol. The third-order valence-corrected chi connectivity index (χ3v) is 4.15. The van der Waals surface area contributed by atoms with Crippen LogP contribution in [0, 0.1) is 5.82 Å². The number of carbonyl (C=O) groups is 1. The van der Waals surface area contributed by atoms with Gasteiger partial charge in [-0.1, -0.05) is 30.3 Å². The number of benzene rings is 2. The van der Waals surface area contributed by atoms with Crippen LogP contribution in [0.15, 0.2) is 59.5 Å². The van der Waals surface area contributed by atoms with Gasteiger partial charge in [-0.3, -0.25) is 4.79 Å². The normalized spacial score (nSPS) is 11.9. The number of hydrogen-bond acceptors (Lipinski definition) is 3. The Hall–Kier alpha value is -1.85. The molecule has 2 N–H and O–H groups in total. The van der Waals surface area contributed by atoms with Gasteiger partial charge in [0.15, 0.2) is 0 Å². The van der Waals surface area contributed by atoms with Crippen LogP contribution in [-0.2, 0) is 4.79 Å². The zero-order chi connectivity index (χ0) is 15.8. The first-order valence-electron chi connectivity index (χ1n) is 7.02. The third kappa shape index (κ3) is 5.16. The van der Waals surface area contributed by atoms with Crippen molar-refractivity contribution in [3.8, 4) is 0 Å². The van der Waals surface area contributed by atoms with E-state index >= 15 is 0 Å². The number of halogens is 1. The first kappa shape index (κ1) is 16.5. The summed E-state index contributed by atoms with van der Waals surface area (Å²) in [5.74, 6) is -0.155. The Kier molecular flexibility index (Phi) is 6.43. The summed E-state index contributed by atoms with van der Waals surface area (Å²) in [6, 6.07) is 15.4. The molecule has 2 aromatic carbocycles. The van der Waals surface area contributed by atoms with Gasteiger partial charge in [0.2, 0.25) is 5.91 Å². The fourth-order valence-electron chi connectivity index (χ4n) is 2.05. The van der Waals surface area contributed by atoms with Gasteiger partial charge in [0, 0.05) is 11.5 Å². The van der Waals surface area contributed by atoms with Crippen molar-refractivity contribution in [2.75, 3.05) is 12.4 Å². The highest BCUT2D eigenvalue weighted by Crippen LogP contribution is 2.20. The fraction of sp³-hybridized carbons (Fsp3) is 0.235. The number of thioether (sulfide) groups is 1. The molecular weight excluding hydrogens is 301 g/mol. The fourth-order valence-corrected chi connectivity index (χ4v) is 2.76. The van der Waals surface area contributed by atoms with Gasteiger partial charge in [-0.15, -0.1) is 11.8 Å². The summed E-state index contributed by atoms with van der Waals surface area (Å²) in [6.07, 6.45) is 0.469. The minimum atomic E-state index is -0.291. The molecule has 2 aromatic rings. The standard InChI is InChI=1S/C17H18FNO2S/c18-14-6-8-15(9-7-14)22-12-17(21)19-16(10-11-20)13-4-2-1-3-5-13/h1-9,16,20H,10-12H2,(H,19,21). The molecule has 116 valence electrons. The van der Waals surface area contributed by atoms with Crippen molar-refractivity contribution in [1.29, 1.82) is 0 Å². The van der Waals surface area contributed by atoms with Crippen LogP contribution in [0.4, 0.5) is 4.39 Å². The monoisotopic (exact) mass is 319 g/mol. The van der Waals surface area contributed by atoms with Crippen LogP contribution >= 0.6 is 11.8 Å². The van der Waals surface area contributed by atoms with E-state index in [0.29, 0.717) is 6.42 Å². The highest BCUT2D eigenvalue weighted by molar-refractivity contribution is 8.00. The number of carbonyl (C=O) groups excluding carboxylic acids is 1. The largest absolute Gasteiger partial charge is 0.396 e. The van der Waals surface area contributed by atoms with E-state index in [1.54, 1.807) is 12.1 Å². The molecule has 3 nitrogen and oxygen atoms in total. The van der Waals surface area contributed by atoms with Crippen molar-refractivity contribution in [1.82, 2.24) is 5.32 Å². The molecule has 5 heteroatoms. The number of amides is 1. The Morgan fingerprint density at radius 3 is 2.45 bits per heavy atom. The second kappa shape index (κ2) is 8.56. The SMILES string of the molecule is O=C(CSc1ccc(F)cc1)NC(CCO)c1ccccc1. The topological polar surface area (TPSA) is 49.3 Å². The van der Waals surface area contributed by atoms with Crippen molar-refractivity contribution in [2.24, 2.45) is 0 Å². The van der Waals surface area contributed by atoms with E-state index in [0.717, 1.165) is 10.5 Å². The summed E-state index contributed by atoms with van der Waals surface area (Å²) < 4.78 is 12.8. The van der Waals surface area contributed by atoms with Gasteiger partial charge in [-0.05, 0) is 36.2 Å². The van der Waals surface area contributed by atoms with E-state index < -0.39 is 0 Å². The molecule has 0 aromatic heterocycles. The molecule has 0 aliphatic heterocycles. The maximum Gasteiger partial charge on any atom is 0.230 e. The van der Waals surface area contributed by atoms with Crippen LogP contribution in [0.1, 0.15) is 18.0 Å². The number of nitrogens with one attached hydrogen (secondary N) is 1. The van der Waals surface area contributed by atoms with Crippen LogP contribution < -0.4 is 5.32 Å². The zero-order valence-electron chi connectivity index (χ0n) is 12.0. The van der Waals surface area contributed by atoms with Gasteiger partial charge in [0.05, 0.1) is 11.8 Å². The van der Waals surface area contributed by atoms with Gasteiger partial charge < -0.3 is 10.4 Å². The molecule has 0 saturated heterocycles. The molecule has 0 aliphatic rings. The Labute approximate surface area is 133 Å². The lowest BCUT2D eigenvalue weighted by Crippen LogP contribution is -2.30. The van der Waals surface area contributed by atoms with Gasteiger partial charge in [-0.2, -0.15) is 0 Å². The Morgan fingerprint density at radius 2 is 1.82 bits per heavy atom. The van der Waals surface area contributed by atoms with Crippen molar-refractivity contribution in [3.63, 3.8) is 0 Å². The predicted octanol–water partition coefficient (Wildman–Crippen LogP) is 3.16. The van der Waals surface area contributed by atoms with Gasteiger partial charge in [0.25, 0.3) is 0 Å². The van der Waals surface area contributed by atoms with Crippen molar-refractivity contribution in [3.05, 3.63) is 66.0 Å². The minimum Gasteiger partial charge on any atom is -0.396 e. The highest BCUT2D eigenvalue weighted by atomic mass is 32.2. The lowest BCUT2D eigenvalue weighted by Gasteiger charge is -2.18. The molecule has 1 amide bonds. The summed E-state index contributed by atoms with van der Waals surface area (Å²) in [5, 5.41) is 12.1. The van der Waals surface area contributed by atoms with E-state index in [2.05, 4.69) is 5.32 Å². The molecule has 0 saturated carbocycles. The lowest BCUT2D eigenvalue weighted by atomic mass is 10.0. The Morgan fingerprint density at radius 1 is 1.14 bits per heavy atom. The summed E-state index contributed by atoms with van der Waals surface area (Å²) >= 11 is 1.35. The van der Waals surface area contributed by atoms with Crippen molar-refractivity contribution in [2.45, 2.75) is 17.4 Å². The van der Waals surface area contributed by atoms with E-state index in [-0.39, 0.29) is 30.1 Å². The van der Waals surface area contributed by atoms with Crippen LogP contribution in [-0.4, -0.2) is 23.4 Å². The molecule has 0 heterocycles. The Balaban J connectivity index is 1.89. The van der Waals surface area contributed by atoms with E-state index in [1.165, 1.54) is 23.9 Å². The van der Waals surface area contributed by atoms with Crippen LogP contribution in [0.25, 0.3) is 0 Å². The lowest BCUT2D eigenvalue weighted by molar-refractivity contribution is -0.119. The second-order valence-electron chi connectivity index (χ2n) is 4.79. The minimum absolute atomic E-state index is 0.00491. The molecule has 0 fully saturated rings. The third-order valence-electron chi connectivity index (χ3n) is 3.14. The van der Waals surface area contributed by atoms with Gasteiger partial charge in [0.1, 0.15) is 5.82 Å². The number of aliphatic hydroxyl groups excluding tert-OH is 1. The number of aliphatic hydroxyl groups is 1. The smallest absolute Gasteiger partial charge is 0.230 e. The number of rotatable bonds is 7. The van der Waals surface area contributed by atoms with Gasteiger partial charge >= 0.3 is 0 Å². The molecular formula is C17H18FNO2S. The van der Waals surface area contributed by atoms with Crippen LogP contribution in [0.3, 0.4) is 0 Å². The molecule has 22 heavy (non-hydrogen) atoms. The second-order valence-corrected chi connectivity index (χ2v) is 5.83. The van der Waals surface area contributed by atoms with Crippen molar-refractivity contribution >= 4 is 17.7 Å². The molecule has 0 bridgehead atoms. The maximum absolute atomic E-state index is 12.8.